The molecule has 0 radical (unpaired) electrons. The van der Waals surface area contributed by atoms with Crippen LogP contribution in [-0.4, -0.2) is 46.5 Å². The van der Waals surface area contributed by atoms with E-state index in [4.69, 9.17) is 0 Å². The maximum atomic E-state index is 11.6. The largest absolute Gasteiger partial charge is 0.323 e. The maximum Gasteiger partial charge on any atom is 0.322 e. The van der Waals surface area contributed by atoms with Crippen molar-refractivity contribution >= 4 is 45.5 Å². The molecule has 0 aromatic carbocycles. The molecule has 2 saturated heterocycles. The lowest BCUT2D eigenvalue weighted by Gasteiger charge is -2.22. The van der Waals surface area contributed by atoms with Gasteiger partial charge in [-0.2, -0.15) is 0 Å². The van der Waals surface area contributed by atoms with E-state index >= 15 is 0 Å². The molecule has 110 valence electrons. The third kappa shape index (κ3) is 2.85. The molecule has 2 aliphatic rings. The first-order chi connectivity index (χ1) is 9.25. The fourth-order valence-corrected chi connectivity index (χ4v) is 4.64. The predicted molar refractivity (Wildman–Crippen MR) is 75.1 cm³/mol. The SMILES string of the molecule is CC1(CSSCC2(C)NC(=O)NC2=O)NC(=O)NC1=O. The van der Waals surface area contributed by atoms with Crippen LogP contribution in [0.2, 0.25) is 0 Å². The Kier molecular flexibility index (Phi) is 3.87. The predicted octanol–water partition coefficient (Wildman–Crippen LogP) is -0.436. The summed E-state index contributed by atoms with van der Waals surface area (Å²) in [4.78, 5) is 45.3. The Balaban J connectivity index is 1.80. The first kappa shape index (κ1) is 15.0. The summed E-state index contributed by atoms with van der Waals surface area (Å²) in [6.45, 7) is 3.26. The van der Waals surface area contributed by atoms with E-state index in [1.54, 1.807) is 13.8 Å². The molecule has 10 heteroatoms. The zero-order valence-corrected chi connectivity index (χ0v) is 12.5. The lowest BCUT2D eigenvalue weighted by atomic mass is 10.1. The number of amides is 6. The second-order valence-electron chi connectivity index (χ2n) is 5.01. The van der Waals surface area contributed by atoms with E-state index in [0.29, 0.717) is 11.5 Å². The Morgan fingerprint density at radius 3 is 1.40 bits per heavy atom. The minimum atomic E-state index is -0.948. The molecule has 2 atom stereocenters. The molecule has 0 spiro atoms. The number of hydrogen-bond acceptors (Lipinski definition) is 6. The van der Waals surface area contributed by atoms with Gasteiger partial charge in [0.1, 0.15) is 11.1 Å². The van der Waals surface area contributed by atoms with E-state index < -0.39 is 23.1 Å². The summed E-state index contributed by atoms with van der Waals surface area (Å²) in [6.07, 6.45) is 0. The molecule has 4 N–H and O–H groups in total. The van der Waals surface area contributed by atoms with Gasteiger partial charge >= 0.3 is 12.1 Å². The van der Waals surface area contributed by atoms with Crippen molar-refractivity contribution in [1.82, 2.24) is 21.3 Å². The number of nitrogens with one attached hydrogen (secondary N) is 4. The number of carbonyl (C=O) groups is 4. The van der Waals surface area contributed by atoms with Gasteiger partial charge in [-0.25, -0.2) is 9.59 Å². The van der Waals surface area contributed by atoms with E-state index in [-0.39, 0.29) is 11.8 Å². The minimum Gasteiger partial charge on any atom is -0.323 e. The summed E-state index contributed by atoms with van der Waals surface area (Å²) in [7, 11) is 2.71. The van der Waals surface area contributed by atoms with E-state index in [1.807, 2.05) is 0 Å². The minimum absolute atomic E-state index is 0.362. The fraction of sp³-hybridized carbons (Fsp3) is 0.600. The monoisotopic (exact) mass is 318 g/mol. The molecule has 2 fully saturated rings. The van der Waals surface area contributed by atoms with Gasteiger partial charge < -0.3 is 10.6 Å². The molecule has 0 aromatic rings. The van der Waals surface area contributed by atoms with Crippen molar-refractivity contribution in [3.05, 3.63) is 0 Å². The van der Waals surface area contributed by atoms with Gasteiger partial charge in [0, 0.05) is 11.5 Å². The van der Waals surface area contributed by atoms with Crippen LogP contribution >= 0.6 is 21.6 Å². The second kappa shape index (κ2) is 5.17. The maximum absolute atomic E-state index is 11.6. The number of rotatable bonds is 5. The topological polar surface area (TPSA) is 116 Å². The molecule has 2 unspecified atom stereocenters. The molecule has 20 heavy (non-hydrogen) atoms. The van der Waals surface area contributed by atoms with Crippen LogP contribution < -0.4 is 21.3 Å². The molecule has 0 saturated carbocycles. The summed E-state index contributed by atoms with van der Waals surface area (Å²) in [5, 5.41) is 9.46. The van der Waals surface area contributed by atoms with E-state index in [9.17, 15) is 19.2 Å². The Morgan fingerprint density at radius 2 is 1.15 bits per heavy atom. The standard InChI is InChI=1S/C10H14N4O4S2/c1-9(5(15)11-7(17)13-9)3-19-20-4-10(2)6(16)12-8(18)14-10/h3-4H2,1-2H3,(H2,11,13,15,17)(H2,12,14,16,18). The van der Waals surface area contributed by atoms with Gasteiger partial charge in [-0.15, -0.1) is 0 Å². The number of imide groups is 2. The van der Waals surface area contributed by atoms with Crippen LogP contribution in [0.25, 0.3) is 0 Å². The van der Waals surface area contributed by atoms with Crippen molar-refractivity contribution in [2.45, 2.75) is 24.9 Å². The Labute approximate surface area is 123 Å². The highest BCUT2D eigenvalue weighted by atomic mass is 33.1. The van der Waals surface area contributed by atoms with Crippen molar-refractivity contribution in [2.24, 2.45) is 0 Å². The lowest BCUT2D eigenvalue weighted by Crippen LogP contribution is -2.47. The fourth-order valence-electron chi connectivity index (χ4n) is 1.68. The lowest BCUT2D eigenvalue weighted by molar-refractivity contribution is -0.123. The zero-order valence-electron chi connectivity index (χ0n) is 10.9. The molecule has 2 rings (SSSR count). The van der Waals surface area contributed by atoms with Gasteiger partial charge in [-0.1, -0.05) is 21.6 Å². The Hall–Kier alpha value is -1.42. The summed E-state index contributed by atoms with van der Waals surface area (Å²) >= 11 is 0. The highest BCUT2D eigenvalue weighted by molar-refractivity contribution is 8.76. The summed E-state index contributed by atoms with van der Waals surface area (Å²) in [5.74, 6) is -0.00987. The first-order valence-electron chi connectivity index (χ1n) is 5.77. The zero-order chi connectivity index (χ0) is 15.0. The van der Waals surface area contributed by atoms with Crippen LogP contribution in [0.15, 0.2) is 0 Å². The van der Waals surface area contributed by atoms with E-state index in [2.05, 4.69) is 21.3 Å². The first-order valence-corrected chi connectivity index (χ1v) is 8.26. The molecule has 8 nitrogen and oxygen atoms in total. The van der Waals surface area contributed by atoms with Crippen molar-refractivity contribution in [3.8, 4) is 0 Å². The third-order valence-electron chi connectivity index (χ3n) is 3.01. The van der Waals surface area contributed by atoms with E-state index in [1.165, 1.54) is 21.6 Å². The van der Waals surface area contributed by atoms with Crippen LogP contribution in [-0.2, 0) is 9.59 Å². The molecular weight excluding hydrogens is 304 g/mol. The van der Waals surface area contributed by atoms with Gasteiger partial charge in [0.2, 0.25) is 0 Å². The second-order valence-corrected chi connectivity index (χ2v) is 7.47. The summed E-state index contributed by atoms with van der Waals surface area (Å²) in [6, 6.07) is -1.00. The smallest absolute Gasteiger partial charge is 0.322 e. The average Bonchev–Trinajstić information content (AvgIpc) is 2.72. The number of hydrogen-bond donors (Lipinski definition) is 4. The van der Waals surface area contributed by atoms with Crippen molar-refractivity contribution in [2.75, 3.05) is 11.5 Å². The van der Waals surface area contributed by atoms with Gasteiger partial charge in [-0.3, -0.25) is 20.2 Å². The Morgan fingerprint density at radius 1 is 0.800 bits per heavy atom. The highest BCUT2D eigenvalue weighted by Crippen LogP contribution is 2.30. The Bertz CT molecular complexity index is 456. The van der Waals surface area contributed by atoms with Crippen LogP contribution in [0.1, 0.15) is 13.8 Å². The van der Waals surface area contributed by atoms with Crippen LogP contribution in [0.3, 0.4) is 0 Å². The van der Waals surface area contributed by atoms with Gasteiger partial charge in [0.25, 0.3) is 11.8 Å². The van der Waals surface area contributed by atoms with Crippen LogP contribution in [0.5, 0.6) is 0 Å². The summed E-state index contributed by atoms with van der Waals surface area (Å²) < 4.78 is 0. The molecule has 0 bridgehead atoms. The van der Waals surface area contributed by atoms with E-state index in [0.717, 1.165) is 0 Å². The van der Waals surface area contributed by atoms with Crippen molar-refractivity contribution < 1.29 is 19.2 Å². The molecule has 0 aliphatic carbocycles. The normalized spacial score (nSPS) is 32.7. The molecule has 2 heterocycles. The van der Waals surface area contributed by atoms with Crippen molar-refractivity contribution in [3.63, 3.8) is 0 Å². The van der Waals surface area contributed by atoms with Crippen molar-refractivity contribution in [1.29, 1.82) is 0 Å². The third-order valence-corrected chi connectivity index (χ3v) is 5.78. The molecular formula is C10H14N4O4S2. The van der Waals surface area contributed by atoms with Crippen LogP contribution in [0.4, 0.5) is 9.59 Å². The van der Waals surface area contributed by atoms with Gasteiger partial charge in [0.15, 0.2) is 0 Å². The number of urea groups is 2. The van der Waals surface area contributed by atoms with Gasteiger partial charge in [0.05, 0.1) is 0 Å². The number of carbonyl (C=O) groups excluding carboxylic acids is 4. The summed E-state index contributed by atoms with van der Waals surface area (Å²) in [5.41, 5.74) is -1.90. The van der Waals surface area contributed by atoms with Crippen LogP contribution in [0, 0.1) is 0 Å². The van der Waals surface area contributed by atoms with Gasteiger partial charge in [-0.05, 0) is 13.8 Å². The molecule has 6 amide bonds. The quantitative estimate of drug-likeness (QED) is 0.310. The molecule has 2 aliphatic heterocycles. The molecule has 0 aromatic heterocycles. The average molecular weight is 318 g/mol. The highest BCUT2D eigenvalue weighted by Gasteiger charge is 2.44.